The van der Waals surface area contributed by atoms with Crippen LogP contribution < -0.4 is 4.90 Å². The number of H-pyrrole nitrogens is 2. The monoisotopic (exact) mass is 866 g/mol. The number of thiazole rings is 2. The fourth-order valence-electron chi connectivity index (χ4n) is 8.36. The summed E-state index contributed by atoms with van der Waals surface area (Å²) in [5, 5.41) is 4.97. The summed E-state index contributed by atoms with van der Waals surface area (Å²) in [5.74, 6) is 4.47. The number of hydrogen-bond donors (Lipinski definition) is 2. The first-order valence-electron chi connectivity index (χ1n) is 20.0. The molecule has 10 nitrogen and oxygen atoms in total. The molecule has 0 spiro atoms. The molecule has 3 aliphatic heterocycles. The fraction of sp³-hybridized carbons (Fsp3) is 0.0400. The second-order valence-corrected chi connectivity index (χ2v) is 17.5. The smallest absolute Gasteiger partial charge is 0.183 e. The van der Waals surface area contributed by atoms with E-state index in [9.17, 15) is 0 Å². The van der Waals surface area contributed by atoms with Crippen molar-refractivity contribution in [2.45, 2.75) is 11.7 Å². The minimum absolute atomic E-state index is 0.279. The lowest BCUT2D eigenvalue weighted by molar-refractivity contribution is 0.798. The van der Waals surface area contributed by atoms with Crippen LogP contribution in [0.4, 0.5) is 5.69 Å². The molecule has 298 valence electrons. The number of aromatic amines is 2. The number of terminal acetylenes is 1. The third-order valence-corrected chi connectivity index (χ3v) is 14.0. The predicted molar refractivity (Wildman–Crippen MR) is 257 cm³/mol. The Kier molecular flexibility index (Phi) is 8.92. The number of allylic oxidation sites excluding steroid dienone is 12. The molecule has 1 unspecified atom stereocenters. The molecule has 1 atom stereocenters. The number of anilines is 1. The van der Waals surface area contributed by atoms with Crippen LogP contribution in [0.25, 0.3) is 60.9 Å². The van der Waals surface area contributed by atoms with Gasteiger partial charge in [0.1, 0.15) is 22.2 Å². The van der Waals surface area contributed by atoms with Gasteiger partial charge in [0.15, 0.2) is 5.82 Å². The van der Waals surface area contributed by atoms with Crippen molar-refractivity contribution in [3.63, 3.8) is 0 Å². The van der Waals surface area contributed by atoms with E-state index in [-0.39, 0.29) is 5.25 Å². The Labute approximate surface area is 373 Å². The second-order valence-electron chi connectivity index (χ2n) is 14.7. The fourth-order valence-corrected chi connectivity index (χ4v) is 10.8. The molecule has 13 heteroatoms. The average Bonchev–Trinajstić information content (AvgIpc) is 4.08. The zero-order chi connectivity index (χ0) is 41.9. The van der Waals surface area contributed by atoms with E-state index in [0.717, 1.165) is 99.2 Å². The van der Waals surface area contributed by atoms with Crippen LogP contribution in [0.5, 0.6) is 0 Å². The molecule has 0 saturated carbocycles. The average molecular weight is 867 g/mol. The van der Waals surface area contributed by atoms with Crippen LogP contribution in [-0.2, 0) is 0 Å². The van der Waals surface area contributed by atoms with Crippen LogP contribution in [-0.4, -0.2) is 50.7 Å². The lowest BCUT2D eigenvalue weighted by atomic mass is 9.94. The molecule has 0 radical (unpaired) electrons. The minimum Gasteiger partial charge on any atom is -0.344 e. The van der Waals surface area contributed by atoms with Crippen LogP contribution in [0.2, 0.25) is 0 Å². The Bertz CT molecular complexity index is 3540. The first kappa shape index (κ1) is 36.9. The van der Waals surface area contributed by atoms with Gasteiger partial charge in [-0.15, -0.1) is 52.3 Å². The van der Waals surface area contributed by atoms with Gasteiger partial charge >= 0.3 is 0 Å². The van der Waals surface area contributed by atoms with Crippen LogP contribution in [0.1, 0.15) is 28.9 Å². The highest BCUT2D eigenvalue weighted by molar-refractivity contribution is 8.04. The van der Waals surface area contributed by atoms with Crippen molar-refractivity contribution in [2.75, 3.05) is 4.90 Å². The number of nitrogens with one attached hydrogen (secondary N) is 2. The van der Waals surface area contributed by atoms with Crippen molar-refractivity contribution in [3.8, 4) is 39.3 Å². The summed E-state index contributed by atoms with van der Waals surface area (Å²) < 4.78 is 4.23. The number of rotatable bonds is 6. The highest BCUT2D eigenvalue weighted by Crippen LogP contribution is 2.47. The standard InChI is InChI=1S/C50H30N10S3/c1-2-35-20-19-33(60-46-37(38-15-8-22-54-49(38)60)11-3-4-12-39(46)43-47(61-29-55-43)48-52-23-24-53-48)18-17-32-27-34(10-5-16-41(32)63-35)59-42-28-31(9-7-21-51-42)36-13-6-14-40(45(36)59)44-50(62-30-56-44)58-26-25-57-58/h1,4,6-16,18-27,29-30,35,57H,17H2,(H,52,53)/b20-19-,33-18+. The first-order valence-corrected chi connectivity index (χ1v) is 22.6. The van der Waals surface area contributed by atoms with Gasteiger partial charge in [-0.25, -0.2) is 29.6 Å². The third-order valence-electron chi connectivity index (χ3n) is 11.1. The lowest BCUT2D eigenvalue weighted by Crippen LogP contribution is -2.24. The largest absolute Gasteiger partial charge is 0.344 e. The molecular weight excluding hydrogens is 837 g/mol. The van der Waals surface area contributed by atoms with Crippen LogP contribution in [0, 0.1) is 12.3 Å². The molecule has 63 heavy (non-hydrogen) atoms. The second kappa shape index (κ2) is 15.2. The molecule has 2 aliphatic carbocycles. The molecule has 12 rings (SSSR count). The molecule has 0 saturated heterocycles. The SMILES string of the molecule is C#CC1/C=C\C(n2c3c(c4cccnc42)C=C=CC=C3c2ncsc2-c2ncc[nH]2)=C/CC2=C(C=C=CC(N3C4=C=C(C=CC=N4)c4cccc(-c5ncsc5-n5cc[nH]5)c43)=C2)S1. The van der Waals surface area contributed by atoms with Gasteiger partial charge in [-0.1, -0.05) is 42.0 Å². The normalized spacial score (nSPS) is 18.7. The number of thioether (sulfide) groups is 1. The van der Waals surface area contributed by atoms with Crippen molar-refractivity contribution in [1.82, 2.24) is 39.3 Å². The van der Waals surface area contributed by atoms with Crippen molar-refractivity contribution >= 4 is 80.3 Å². The van der Waals surface area contributed by atoms with E-state index in [1.54, 1.807) is 40.6 Å². The van der Waals surface area contributed by atoms with E-state index in [0.29, 0.717) is 12.2 Å². The number of hydrogen-bond acceptors (Lipinski definition) is 9. The Balaban J connectivity index is 1.03. The maximum atomic E-state index is 6.31. The highest BCUT2D eigenvalue weighted by atomic mass is 32.2. The summed E-state index contributed by atoms with van der Waals surface area (Å²) in [6, 6.07) is 10.4. The summed E-state index contributed by atoms with van der Waals surface area (Å²) >= 11 is 4.77. The molecule has 5 aliphatic rings. The molecule has 0 fully saturated rings. The maximum Gasteiger partial charge on any atom is 0.183 e. The van der Waals surface area contributed by atoms with Gasteiger partial charge < -0.3 is 4.98 Å². The Morgan fingerprint density at radius 3 is 2.71 bits per heavy atom. The van der Waals surface area contributed by atoms with Crippen LogP contribution >= 0.6 is 34.4 Å². The number of benzene rings is 1. The first-order chi connectivity index (χ1) is 31.2. The zero-order valence-electron chi connectivity index (χ0n) is 33.0. The number of aromatic nitrogens is 8. The number of para-hydroxylation sites is 1. The Morgan fingerprint density at radius 2 is 1.83 bits per heavy atom. The van der Waals surface area contributed by atoms with E-state index >= 15 is 0 Å². The number of aliphatic imine (C=N–C) groups is 1. The van der Waals surface area contributed by atoms with Crippen molar-refractivity contribution in [3.05, 3.63) is 195 Å². The number of fused-ring (bicyclic) bond motifs is 5. The van der Waals surface area contributed by atoms with Gasteiger partial charge in [0.25, 0.3) is 0 Å². The van der Waals surface area contributed by atoms with Gasteiger partial charge in [0.2, 0.25) is 0 Å². The number of nitrogens with zero attached hydrogens (tertiary/aromatic N) is 8. The van der Waals surface area contributed by atoms with Crippen molar-refractivity contribution in [2.24, 2.45) is 4.99 Å². The molecule has 0 amide bonds. The number of pyridine rings is 1. The molecule has 6 aromatic heterocycles. The summed E-state index contributed by atoms with van der Waals surface area (Å²) in [4.78, 5) is 31.8. The van der Waals surface area contributed by atoms with Gasteiger partial charge in [-0.2, -0.15) is 0 Å². The van der Waals surface area contributed by atoms with Crippen LogP contribution in [0.3, 0.4) is 0 Å². The van der Waals surface area contributed by atoms with Gasteiger partial charge in [0.05, 0.1) is 43.9 Å². The summed E-state index contributed by atoms with van der Waals surface area (Å²) in [6.45, 7) is 0. The van der Waals surface area contributed by atoms with Crippen molar-refractivity contribution < 1.29 is 0 Å². The van der Waals surface area contributed by atoms with Gasteiger partial charge in [-0.3, -0.25) is 14.6 Å². The highest BCUT2D eigenvalue weighted by Gasteiger charge is 2.31. The quantitative estimate of drug-likeness (QED) is 0.127. The van der Waals surface area contributed by atoms with Crippen LogP contribution in [0.15, 0.2) is 177 Å². The van der Waals surface area contributed by atoms with E-state index < -0.39 is 0 Å². The molecule has 7 aromatic rings. The summed E-state index contributed by atoms with van der Waals surface area (Å²) in [7, 11) is 0. The molecule has 1 aromatic carbocycles. The van der Waals surface area contributed by atoms with Gasteiger partial charge in [-0.05, 0) is 72.7 Å². The van der Waals surface area contributed by atoms with E-state index in [4.69, 9.17) is 26.4 Å². The number of imidazole rings is 1. The van der Waals surface area contributed by atoms with E-state index in [1.807, 2.05) is 83.2 Å². The zero-order valence-corrected chi connectivity index (χ0v) is 35.5. The van der Waals surface area contributed by atoms with E-state index in [2.05, 4.69) is 108 Å². The Hall–Kier alpha value is -7.90. The van der Waals surface area contributed by atoms with Gasteiger partial charge in [0, 0.05) is 87.1 Å². The third kappa shape index (κ3) is 6.18. The molecule has 2 N–H and O–H groups in total. The molecule has 9 heterocycles. The molecular formula is C50H30N10S3. The summed E-state index contributed by atoms with van der Waals surface area (Å²) in [5.41, 5.74) is 26.5. The topological polar surface area (TPSA) is 109 Å². The Morgan fingerprint density at radius 1 is 0.905 bits per heavy atom. The minimum atomic E-state index is -0.279. The summed E-state index contributed by atoms with van der Waals surface area (Å²) in [6.07, 6.45) is 40.9. The lowest BCUT2D eigenvalue weighted by Gasteiger charge is -2.31. The predicted octanol–water partition coefficient (Wildman–Crippen LogP) is 11.1. The van der Waals surface area contributed by atoms with E-state index in [1.165, 1.54) is 0 Å². The van der Waals surface area contributed by atoms with Crippen molar-refractivity contribution in [1.29, 1.82) is 0 Å². The maximum absolute atomic E-state index is 6.31. The molecule has 2 bridgehead atoms.